The second-order valence-corrected chi connectivity index (χ2v) is 8.63. The summed E-state index contributed by atoms with van der Waals surface area (Å²) in [4.78, 5) is 15.0. The number of nitrogens with zero attached hydrogens (tertiary/aromatic N) is 2. The number of hydrogen-bond acceptors (Lipinski definition) is 3. The lowest BCUT2D eigenvalue weighted by molar-refractivity contribution is -0.158. The van der Waals surface area contributed by atoms with Crippen molar-refractivity contribution >= 4 is 16.7 Å². The van der Waals surface area contributed by atoms with Gasteiger partial charge < -0.3 is 9.30 Å². The Balaban J connectivity index is 1.65. The fourth-order valence-corrected chi connectivity index (χ4v) is 6.35. The fourth-order valence-electron chi connectivity index (χ4n) is 6.35. The largest absolute Gasteiger partial charge is 0.377 e. The number of fused-ring (bicyclic) bond motifs is 8. The molecule has 138 valence electrons. The van der Waals surface area contributed by atoms with E-state index in [0.717, 1.165) is 19.4 Å². The standard InChI is InChI=1S/C22H28N2O2/c1-12(25)21-13(2)26-11-17-15(21)9-20-22-16(10-19(17)23(20)3)14-7-5-6-8-18(14)24(22)4/h5-8,13,15,17,19-21H,9-11H2,1-4H3/t13-,15+,17+,19-,20-,21+/m0/s1. The molecule has 0 aliphatic carbocycles. The van der Waals surface area contributed by atoms with Crippen molar-refractivity contribution in [3.8, 4) is 0 Å². The van der Waals surface area contributed by atoms with Crippen LogP contribution in [-0.2, 0) is 23.0 Å². The van der Waals surface area contributed by atoms with E-state index in [1.165, 1.54) is 22.2 Å². The summed E-state index contributed by atoms with van der Waals surface area (Å²) < 4.78 is 8.49. The lowest BCUT2D eigenvalue weighted by atomic mass is 9.63. The summed E-state index contributed by atoms with van der Waals surface area (Å²) in [6.45, 7) is 4.62. The molecule has 2 bridgehead atoms. The molecule has 2 aromatic rings. The molecule has 5 rings (SSSR count). The molecule has 4 heteroatoms. The summed E-state index contributed by atoms with van der Waals surface area (Å²) in [7, 11) is 4.48. The van der Waals surface area contributed by atoms with Gasteiger partial charge in [0.1, 0.15) is 5.78 Å². The van der Waals surface area contributed by atoms with Crippen molar-refractivity contribution in [3.05, 3.63) is 35.5 Å². The van der Waals surface area contributed by atoms with Crippen LogP contribution in [0.25, 0.3) is 10.9 Å². The predicted octanol–water partition coefficient (Wildman–Crippen LogP) is 3.34. The second kappa shape index (κ2) is 5.67. The molecule has 0 spiro atoms. The van der Waals surface area contributed by atoms with E-state index in [1.54, 1.807) is 6.92 Å². The monoisotopic (exact) mass is 352 g/mol. The van der Waals surface area contributed by atoms with E-state index in [1.807, 2.05) is 0 Å². The molecular weight excluding hydrogens is 324 g/mol. The third-order valence-corrected chi connectivity index (χ3v) is 7.53. The van der Waals surface area contributed by atoms with Crippen molar-refractivity contribution in [2.45, 2.75) is 44.9 Å². The highest BCUT2D eigenvalue weighted by Gasteiger charge is 2.53. The number of carbonyl (C=O) groups is 1. The molecule has 1 aromatic carbocycles. The number of aryl methyl sites for hydroxylation is 1. The predicted molar refractivity (Wildman–Crippen MR) is 102 cm³/mol. The van der Waals surface area contributed by atoms with Gasteiger partial charge in [-0.3, -0.25) is 9.69 Å². The number of para-hydroxylation sites is 1. The average molecular weight is 352 g/mol. The number of hydrogen-bond donors (Lipinski definition) is 0. The first-order chi connectivity index (χ1) is 12.5. The molecule has 2 saturated heterocycles. The molecular formula is C22H28N2O2. The first kappa shape index (κ1) is 16.5. The van der Waals surface area contributed by atoms with Gasteiger partial charge in [-0.05, 0) is 51.3 Å². The van der Waals surface area contributed by atoms with Gasteiger partial charge in [0.15, 0.2) is 0 Å². The van der Waals surface area contributed by atoms with Crippen molar-refractivity contribution in [3.63, 3.8) is 0 Å². The summed E-state index contributed by atoms with van der Waals surface area (Å²) in [5.74, 6) is 1.23. The third-order valence-electron chi connectivity index (χ3n) is 7.53. The maximum absolute atomic E-state index is 12.4. The third kappa shape index (κ3) is 2.06. The summed E-state index contributed by atoms with van der Waals surface area (Å²) in [5, 5.41) is 1.40. The average Bonchev–Trinajstić information content (AvgIpc) is 2.88. The van der Waals surface area contributed by atoms with Crippen molar-refractivity contribution in [1.29, 1.82) is 0 Å². The Hall–Kier alpha value is -1.65. The Morgan fingerprint density at radius 2 is 1.96 bits per heavy atom. The lowest BCUT2D eigenvalue weighted by Crippen LogP contribution is -2.59. The highest BCUT2D eigenvalue weighted by molar-refractivity contribution is 5.86. The van der Waals surface area contributed by atoms with E-state index in [9.17, 15) is 4.79 Å². The van der Waals surface area contributed by atoms with Crippen molar-refractivity contribution < 1.29 is 9.53 Å². The fraction of sp³-hybridized carbons (Fsp3) is 0.591. The van der Waals surface area contributed by atoms with E-state index >= 15 is 0 Å². The molecule has 4 heterocycles. The number of Topliss-reactive ketones (excluding diaryl/α,β-unsaturated/α-hetero) is 1. The van der Waals surface area contributed by atoms with Crippen LogP contribution in [0.4, 0.5) is 0 Å². The summed E-state index contributed by atoms with van der Waals surface area (Å²) in [5.41, 5.74) is 4.31. The van der Waals surface area contributed by atoms with Gasteiger partial charge in [-0.2, -0.15) is 0 Å². The number of carbonyl (C=O) groups excluding carboxylic acids is 1. The van der Waals surface area contributed by atoms with Gasteiger partial charge in [0, 0.05) is 41.5 Å². The van der Waals surface area contributed by atoms with Crippen molar-refractivity contribution in [1.82, 2.24) is 9.47 Å². The molecule has 0 N–H and O–H groups in total. The maximum atomic E-state index is 12.4. The van der Waals surface area contributed by atoms with Crippen LogP contribution in [-0.4, -0.2) is 41.1 Å². The number of benzene rings is 1. The Kier molecular flexibility index (Phi) is 3.60. The normalized spacial score (nSPS) is 36.6. The molecule has 4 nitrogen and oxygen atoms in total. The quantitative estimate of drug-likeness (QED) is 0.789. The van der Waals surface area contributed by atoms with Crippen LogP contribution in [0.5, 0.6) is 0 Å². The minimum atomic E-state index is 0.0451. The van der Waals surface area contributed by atoms with Gasteiger partial charge in [-0.25, -0.2) is 0 Å². The molecule has 0 unspecified atom stereocenters. The van der Waals surface area contributed by atoms with Crippen LogP contribution in [0.15, 0.2) is 24.3 Å². The molecule has 0 radical (unpaired) electrons. The van der Waals surface area contributed by atoms with Gasteiger partial charge in [-0.15, -0.1) is 0 Å². The Bertz CT molecular complexity index is 886. The van der Waals surface area contributed by atoms with Gasteiger partial charge >= 0.3 is 0 Å². The highest BCUT2D eigenvalue weighted by atomic mass is 16.5. The van der Waals surface area contributed by atoms with Crippen molar-refractivity contribution in [2.75, 3.05) is 13.7 Å². The topological polar surface area (TPSA) is 34.5 Å². The van der Waals surface area contributed by atoms with Crippen LogP contribution < -0.4 is 0 Å². The van der Waals surface area contributed by atoms with E-state index in [2.05, 4.69) is 54.8 Å². The smallest absolute Gasteiger partial charge is 0.135 e. The van der Waals surface area contributed by atoms with Crippen LogP contribution in [0.3, 0.4) is 0 Å². The summed E-state index contributed by atoms with van der Waals surface area (Å²) in [6, 6.07) is 9.64. The second-order valence-electron chi connectivity index (χ2n) is 8.63. The van der Waals surface area contributed by atoms with Crippen LogP contribution >= 0.6 is 0 Å². The first-order valence-corrected chi connectivity index (χ1v) is 9.89. The minimum Gasteiger partial charge on any atom is -0.377 e. The molecule has 3 aliphatic heterocycles. The zero-order valence-corrected chi connectivity index (χ0v) is 16.1. The maximum Gasteiger partial charge on any atom is 0.135 e. The number of ether oxygens (including phenoxy) is 1. The van der Waals surface area contributed by atoms with Gasteiger partial charge in [0.05, 0.1) is 18.8 Å². The molecule has 1 aromatic heterocycles. The first-order valence-electron chi connectivity index (χ1n) is 9.89. The molecule has 0 saturated carbocycles. The molecule has 6 atom stereocenters. The van der Waals surface area contributed by atoms with E-state index < -0.39 is 0 Å². The molecule has 2 fully saturated rings. The van der Waals surface area contributed by atoms with Crippen LogP contribution in [0.1, 0.15) is 37.6 Å². The Labute approximate surface area is 155 Å². The van der Waals surface area contributed by atoms with Crippen molar-refractivity contribution in [2.24, 2.45) is 24.8 Å². The minimum absolute atomic E-state index is 0.0451. The number of rotatable bonds is 1. The Morgan fingerprint density at radius 1 is 1.19 bits per heavy atom. The molecule has 0 amide bonds. The number of aromatic nitrogens is 1. The van der Waals surface area contributed by atoms with Gasteiger partial charge in [0.2, 0.25) is 0 Å². The molecule has 3 aliphatic rings. The number of piperidine rings is 1. The van der Waals surface area contributed by atoms with Crippen LogP contribution in [0.2, 0.25) is 0 Å². The van der Waals surface area contributed by atoms with Gasteiger partial charge in [0.25, 0.3) is 0 Å². The summed E-state index contributed by atoms with van der Waals surface area (Å²) in [6.07, 6.45) is 2.17. The zero-order valence-electron chi connectivity index (χ0n) is 16.1. The number of ketones is 1. The van der Waals surface area contributed by atoms with Gasteiger partial charge in [-0.1, -0.05) is 18.2 Å². The van der Waals surface area contributed by atoms with E-state index in [0.29, 0.717) is 29.7 Å². The SMILES string of the molecule is CC(=O)[C@H]1[C@@H]2C[C@H]3c4c(c5ccccc5n4C)C[C@@H]([C@@H]2CO[C@H]1C)N3C. The number of likely N-dealkylation sites (N-methyl/N-ethyl adjacent to an activating group) is 1. The zero-order chi connectivity index (χ0) is 18.2. The highest BCUT2D eigenvalue weighted by Crippen LogP contribution is 2.52. The van der Waals surface area contributed by atoms with E-state index in [4.69, 9.17) is 4.74 Å². The van der Waals surface area contributed by atoms with E-state index in [-0.39, 0.29) is 12.0 Å². The lowest BCUT2D eigenvalue weighted by Gasteiger charge is -2.56. The van der Waals surface area contributed by atoms with Crippen LogP contribution in [0, 0.1) is 17.8 Å². The Morgan fingerprint density at radius 3 is 2.73 bits per heavy atom. The summed E-state index contributed by atoms with van der Waals surface area (Å²) >= 11 is 0. The molecule has 26 heavy (non-hydrogen) atoms.